The van der Waals surface area contributed by atoms with Crippen molar-refractivity contribution in [3.05, 3.63) is 224 Å². The van der Waals surface area contributed by atoms with Gasteiger partial charge in [0, 0.05) is 17.1 Å². The lowest BCUT2D eigenvalue weighted by molar-refractivity contribution is 1.28. The summed E-state index contributed by atoms with van der Waals surface area (Å²) in [6.45, 7) is 0. The predicted molar refractivity (Wildman–Crippen MR) is 226 cm³/mol. The molecule has 250 valence electrons. The molecule has 0 saturated heterocycles. The van der Waals surface area contributed by atoms with E-state index in [9.17, 15) is 11.0 Å². The van der Waals surface area contributed by atoms with Gasteiger partial charge in [-0.25, -0.2) is 0 Å². The molecule has 0 heterocycles. The average molecular weight is 693 g/mol. The fraction of sp³-hybridized carbons (Fsp3) is 0. The van der Waals surface area contributed by atoms with Gasteiger partial charge in [-0.2, -0.15) is 0 Å². The van der Waals surface area contributed by atoms with Gasteiger partial charge in [0.25, 0.3) is 0 Å². The first kappa shape index (κ1) is 18.5. The van der Waals surface area contributed by atoms with Crippen molar-refractivity contribution in [2.45, 2.75) is 0 Å². The van der Waals surface area contributed by atoms with Crippen LogP contribution in [0.25, 0.3) is 66.4 Å². The van der Waals surface area contributed by atoms with Gasteiger partial charge in [-0.15, -0.1) is 0 Å². The minimum Gasteiger partial charge on any atom is -0.311 e. The molecule has 0 saturated carbocycles. The van der Waals surface area contributed by atoms with Crippen molar-refractivity contribution >= 4 is 27.8 Å². The van der Waals surface area contributed by atoms with Crippen LogP contribution in [0.15, 0.2) is 224 Å². The van der Waals surface area contributed by atoms with Gasteiger partial charge >= 0.3 is 0 Å². The van der Waals surface area contributed by atoms with Gasteiger partial charge in [0.2, 0.25) is 0 Å². The Labute approximate surface area is 335 Å². The molecule has 9 aromatic rings. The van der Waals surface area contributed by atoms with E-state index in [1.165, 1.54) is 0 Å². The molecule has 0 N–H and O–H groups in total. The van der Waals surface area contributed by atoms with E-state index in [0.717, 1.165) is 37.9 Å². The second kappa shape index (κ2) is 14.3. The summed E-state index contributed by atoms with van der Waals surface area (Å²) in [5.74, 6) is 0. The van der Waals surface area contributed by atoms with E-state index in [1.54, 1.807) is 42.5 Å². The van der Waals surface area contributed by atoms with Gasteiger partial charge in [-0.05, 0) is 109 Å². The third kappa shape index (κ3) is 6.65. The maximum absolute atomic E-state index is 9.54. The number of benzene rings is 9. The van der Waals surface area contributed by atoms with E-state index in [-0.39, 0.29) is 11.3 Å². The van der Waals surface area contributed by atoms with E-state index in [0.29, 0.717) is 5.56 Å². The molecule has 9 rings (SSSR count). The van der Waals surface area contributed by atoms with Crippen LogP contribution < -0.4 is 4.90 Å². The lowest BCUT2D eigenvalue weighted by Crippen LogP contribution is -2.09. The van der Waals surface area contributed by atoms with Crippen molar-refractivity contribution in [3.8, 4) is 55.6 Å². The zero-order chi connectivity index (χ0) is 50.2. The molecular weight excluding hydrogens is 639 g/mol. The van der Waals surface area contributed by atoms with Crippen LogP contribution in [-0.2, 0) is 0 Å². The Morgan fingerprint density at radius 2 is 0.774 bits per heavy atom. The van der Waals surface area contributed by atoms with Crippen LogP contribution in [0.2, 0.25) is 0 Å². The zero-order valence-corrected chi connectivity index (χ0v) is 28.0. The summed E-state index contributed by atoms with van der Waals surface area (Å²) in [7, 11) is 0. The van der Waals surface area contributed by atoms with E-state index in [4.69, 9.17) is 12.3 Å². The summed E-state index contributed by atoms with van der Waals surface area (Å²) >= 11 is 0. The van der Waals surface area contributed by atoms with E-state index >= 15 is 0 Å². The maximum atomic E-state index is 9.54. The van der Waals surface area contributed by atoms with Crippen molar-refractivity contribution in [1.29, 1.82) is 0 Å². The molecule has 0 aromatic heterocycles. The zero-order valence-electron chi connectivity index (χ0n) is 45.0. The molecule has 0 aliphatic carbocycles. The number of hydrogen-bond donors (Lipinski definition) is 0. The van der Waals surface area contributed by atoms with Crippen LogP contribution in [0.5, 0.6) is 0 Å². The van der Waals surface area contributed by atoms with Crippen molar-refractivity contribution in [3.63, 3.8) is 0 Å². The molecule has 0 amide bonds. The normalized spacial score (nSPS) is 15.5. The Morgan fingerprint density at radius 1 is 0.302 bits per heavy atom. The molecule has 0 radical (unpaired) electrons. The summed E-state index contributed by atoms with van der Waals surface area (Å²) in [5, 5.41) is 1.98. The largest absolute Gasteiger partial charge is 0.311 e. The van der Waals surface area contributed by atoms with Crippen LogP contribution in [-0.4, -0.2) is 0 Å². The third-order valence-electron chi connectivity index (χ3n) is 8.78. The molecule has 0 bridgehead atoms. The quantitative estimate of drug-likeness (QED) is 0.153. The minimum absolute atomic E-state index is 0.0227. The fourth-order valence-electron chi connectivity index (χ4n) is 6.17. The molecule has 0 fully saturated rings. The van der Waals surface area contributed by atoms with Gasteiger partial charge in [0.1, 0.15) is 0 Å². The van der Waals surface area contributed by atoms with Crippen LogP contribution in [0.1, 0.15) is 23.3 Å². The van der Waals surface area contributed by atoms with Gasteiger partial charge in [0.05, 0.1) is 23.3 Å². The summed E-state index contributed by atoms with van der Waals surface area (Å²) in [6.07, 6.45) is 0. The van der Waals surface area contributed by atoms with Crippen LogP contribution in [0, 0.1) is 0 Å². The van der Waals surface area contributed by atoms with Gasteiger partial charge in [0.15, 0.2) is 0 Å². The molecule has 9 aromatic carbocycles. The first-order valence-corrected chi connectivity index (χ1v) is 16.8. The molecule has 0 atom stereocenters. The lowest BCUT2D eigenvalue weighted by Gasteiger charge is -2.26. The Balaban J connectivity index is 1.26. The number of nitrogens with zero attached hydrogens (tertiary/aromatic N) is 1. The number of anilines is 3. The monoisotopic (exact) mass is 692 g/mol. The highest BCUT2D eigenvalue weighted by Gasteiger charge is 2.14. The summed E-state index contributed by atoms with van der Waals surface area (Å²) in [6, 6.07) is 24.2. The highest BCUT2D eigenvalue weighted by Crippen LogP contribution is 2.39. The van der Waals surface area contributed by atoms with Crippen molar-refractivity contribution in [2.75, 3.05) is 4.90 Å². The van der Waals surface area contributed by atoms with Crippen molar-refractivity contribution < 1.29 is 23.3 Å². The average Bonchev–Trinajstić information content (AvgIpc) is 3.37. The first-order valence-electron chi connectivity index (χ1n) is 25.3. The fourth-order valence-corrected chi connectivity index (χ4v) is 6.17. The van der Waals surface area contributed by atoms with E-state index in [2.05, 4.69) is 0 Å². The number of hydrogen-bond acceptors (Lipinski definition) is 1. The SMILES string of the molecule is [2H]c1c([2H])c([2H])c(-c2c([2H])c([2H])c(-c3c([2H])c([2H])c(N(c4ccc(-c5ccccc5)cc4)c4c([2H])c([2H])c(-c5cccc(-c6cccc7ccccc67)c5)c([2H])c4[2H])c([2H])c3[2H])c([2H])c2[2H])c([2H])c1[2H]. The third-order valence-corrected chi connectivity index (χ3v) is 8.78. The lowest BCUT2D eigenvalue weighted by atomic mass is 9.95. The van der Waals surface area contributed by atoms with Crippen molar-refractivity contribution in [2.24, 2.45) is 0 Å². The smallest absolute Gasteiger partial charge is 0.0645 e. The number of rotatable bonds is 8. The maximum Gasteiger partial charge on any atom is 0.0645 e. The van der Waals surface area contributed by atoms with Crippen molar-refractivity contribution in [1.82, 2.24) is 0 Å². The Hall–Kier alpha value is -6.96. The van der Waals surface area contributed by atoms with Gasteiger partial charge < -0.3 is 4.90 Å². The number of fused-ring (bicyclic) bond motifs is 1. The molecule has 53 heavy (non-hydrogen) atoms. The Bertz CT molecular complexity index is 3510. The molecule has 0 spiro atoms. The molecule has 0 aliphatic heterocycles. The summed E-state index contributed by atoms with van der Waals surface area (Å²) in [5.41, 5.74) is 0.295. The topological polar surface area (TPSA) is 3.24 Å². The second-order valence-electron chi connectivity index (χ2n) is 12.1. The first-order chi connectivity index (χ1) is 33.4. The summed E-state index contributed by atoms with van der Waals surface area (Å²) in [4.78, 5) is 1.12. The summed E-state index contributed by atoms with van der Waals surface area (Å²) < 4.78 is 153. The highest BCUT2D eigenvalue weighted by molar-refractivity contribution is 5.97. The van der Waals surface area contributed by atoms with E-state index in [1.807, 2.05) is 78.9 Å². The van der Waals surface area contributed by atoms with Gasteiger partial charge in [-0.3, -0.25) is 0 Å². The minimum atomic E-state index is -0.871. The molecule has 1 heteroatoms. The Morgan fingerprint density at radius 3 is 1.43 bits per heavy atom. The second-order valence-corrected chi connectivity index (χ2v) is 12.1. The van der Waals surface area contributed by atoms with Crippen LogP contribution >= 0.6 is 0 Å². The van der Waals surface area contributed by atoms with Crippen LogP contribution in [0.4, 0.5) is 17.1 Å². The molecule has 0 aliphatic rings. The molecular formula is C52H37N. The Kier molecular flexibility index (Phi) is 5.01. The molecule has 0 unspecified atom stereocenters. The molecule has 1 nitrogen and oxygen atoms in total. The highest BCUT2D eigenvalue weighted by atomic mass is 15.1. The van der Waals surface area contributed by atoms with Gasteiger partial charge in [-0.1, -0.05) is 182 Å². The van der Waals surface area contributed by atoms with Crippen LogP contribution in [0.3, 0.4) is 0 Å². The predicted octanol–water partition coefficient (Wildman–Crippen LogP) is 14.6. The van der Waals surface area contributed by atoms with E-state index < -0.39 is 136 Å². The standard InChI is InChI=1S/C52H37N/c1-3-11-38(12-4-1)40-21-23-41(24-22-40)43-27-33-49(34-28-43)53(48-31-25-42(26-32-48)39-13-5-2-6-14-39)50-35-29-44(30-36-50)46-17-9-18-47(37-46)52-20-10-16-45-15-7-8-19-51(45)52/h1-37H/i1D,3D,4D,11D,12D,21D,22D,23D,24D,27D,28D,29D,30D,33D,34D,35D,36D.